The van der Waals surface area contributed by atoms with Crippen LogP contribution in [0.5, 0.6) is 0 Å². The number of hydrazine groups is 1. The Labute approximate surface area is 267 Å². The van der Waals surface area contributed by atoms with E-state index in [1.54, 1.807) is 19.4 Å². The minimum absolute atomic E-state index is 0.120. The Morgan fingerprint density at radius 1 is 1.04 bits per heavy atom. The van der Waals surface area contributed by atoms with Crippen LogP contribution in [0, 0.1) is 11.3 Å². The van der Waals surface area contributed by atoms with Crippen LogP contribution in [-0.2, 0) is 19.5 Å². The molecule has 4 aromatic rings. The van der Waals surface area contributed by atoms with Crippen LogP contribution in [0.1, 0.15) is 78.7 Å². The predicted octanol–water partition coefficient (Wildman–Crippen LogP) is 6.82. The molecule has 0 bridgehead atoms. The number of nitrogens with zero attached hydrogens (tertiary/aromatic N) is 4. The minimum Gasteiger partial charge on any atom is -0.401 e. The van der Waals surface area contributed by atoms with Gasteiger partial charge in [-0.15, -0.1) is 0 Å². The maximum absolute atomic E-state index is 13.2. The van der Waals surface area contributed by atoms with Crippen LogP contribution in [0.3, 0.4) is 0 Å². The molecule has 4 N–H and O–H groups in total. The topological polar surface area (TPSA) is 93.4 Å². The molecular formula is C38H46N6O. The number of carbonyl (C=O) groups excluding carboxylic acids is 1. The molecule has 0 saturated heterocycles. The van der Waals surface area contributed by atoms with Gasteiger partial charge in [0, 0.05) is 56.8 Å². The molecule has 3 aromatic carbocycles. The average Bonchev–Trinajstić information content (AvgIpc) is 3.70. The Bertz CT molecular complexity index is 1720. The molecule has 0 amide bonds. The lowest BCUT2D eigenvalue weighted by molar-refractivity contribution is 0.0980. The minimum atomic E-state index is 0.120. The summed E-state index contributed by atoms with van der Waals surface area (Å²) in [4.78, 5) is 15.8. The lowest BCUT2D eigenvalue weighted by Crippen LogP contribution is -2.32. The molecule has 1 aromatic heterocycles. The van der Waals surface area contributed by atoms with Crippen molar-refractivity contribution in [3.63, 3.8) is 0 Å². The molecule has 7 heteroatoms. The summed E-state index contributed by atoms with van der Waals surface area (Å²) in [5.74, 6) is 6.22. The van der Waals surface area contributed by atoms with Gasteiger partial charge in [0.2, 0.25) is 0 Å². The SMILES string of the molecule is CCCC(=O)c1cnn(-c2cccc(-c3cccc(CN4Cc5ccccc5CC(C)(C)C4)c3)c2)c1[C@@H]1CC1/C(N)=C/N(C)N. The second-order valence-corrected chi connectivity index (χ2v) is 13.8. The first-order chi connectivity index (χ1) is 21.6. The molecule has 6 rings (SSSR count). The summed E-state index contributed by atoms with van der Waals surface area (Å²) < 4.78 is 1.96. The fourth-order valence-corrected chi connectivity index (χ4v) is 7.09. The van der Waals surface area contributed by atoms with Gasteiger partial charge in [-0.3, -0.25) is 9.69 Å². The van der Waals surface area contributed by atoms with E-state index in [4.69, 9.17) is 16.7 Å². The number of fused-ring (bicyclic) bond motifs is 1. The van der Waals surface area contributed by atoms with E-state index in [-0.39, 0.29) is 23.0 Å². The molecule has 2 aliphatic rings. The van der Waals surface area contributed by atoms with Gasteiger partial charge in [-0.2, -0.15) is 5.10 Å². The first kappa shape index (κ1) is 30.8. The van der Waals surface area contributed by atoms with Crippen LogP contribution < -0.4 is 11.6 Å². The average molecular weight is 603 g/mol. The number of carbonyl (C=O) groups is 1. The Morgan fingerprint density at radius 3 is 2.53 bits per heavy atom. The van der Waals surface area contributed by atoms with Crippen LogP contribution >= 0.6 is 0 Å². The number of Topliss-reactive ketones (excluding diaryl/α,β-unsaturated/α-hetero) is 1. The van der Waals surface area contributed by atoms with E-state index in [0.29, 0.717) is 12.0 Å². The van der Waals surface area contributed by atoms with Crippen molar-refractivity contribution in [3.8, 4) is 16.8 Å². The van der Waals surface area contributed by atoms with Crippen molar-refractivity contribution in [1.29, 1.82) is 0 Å². The molecule has 2 heterocycles. The summed E-state index contributed by atoms with van der Waals surface area (Å²) in [5, 5.41) is 6.25. The largest absolute Gasteiger partial charge is 0.401 e. The standard InChI is InChI=1S/C38H46N6O/c1-5-10-36(45)34-21-41-44(37(34)33-19-32(33)35(39)24-42(4)40)31-16-9-15-28(18-31)27-14-8-11-26(17-27)22-43-23-30-13-7-6-12-29(30)20-38(2,3)25-43/h6-9,11-18,21,24,32-33H,5,10,19-20,22-23,25,39-40H2,1-4H3/b35-24-/t32?,33-/m1/s1. The number of benzene rings is 3. The van der Waals surface area contributed by atoms with E-state index in [1.165, 1.54) is 27.3 Å². The Morgan fingerprint density at radius 2 is 1.78 bits per heavy atom. The zero-order valence-corrected chi connectivity index (χ0v) is 27.0. The van der Waals surface area contributed by atoms with Gasteiger partial charge in [-0.25, -0.2) is 10.5 Å². The van der Waals surface area contributed by atoms with Crippen molar-refractivity contribution in [3.05, 3.63) is 119 Å². The number of nitrogens with two attached hydrogens (primary N) is 2. The van der Waals surface area contributed by atoms with Gasteiger partial charge in [0.15, 0.2) is 5.78 Å². The van der Waals surface area contributed by atoms with Gasteiger partial charge >= 0.3 is 0 Å². The number of ketones is 1. The van der Waals surface area contributed by atoms with Crippen LogP contribution in [0.4, 0.5) is 0 Å². The van der Waals surface area contributed by atoms with Crippen LogP contribution in [-0.4, -0.2) is 39.1 Å². The van der Waals surface area contributed by atoms with Gasteiger partial charge < -0.3 is 10.7 Å². The van der Waals surface area contributed by atoms with E-state index in [9.17, 15) is 4.79 Å². The van der Waals surface area contributed by atoms with E-state index >= 15 is 0 Å². The second kappa shape index (κ2) is 12.7. The van der Waals surface area contributed by atoms with E-state index < -0.39 is 0 Å². The Balaban J connectivity index is 1.29. The molecule has 1 unspecified atom stereocenters. The van der Waals surface area contributed by atoms with E-state index in [2.05, 4.69) is 91.5 Å². The fourth-order valence-electron chi connectivity index (χ4n) is 7.09. The lowest BCUT2D eigenvalue weighted by Gasteiger charge is -2.29. The third kappa shape index (κ3) is 6.90. The Kier molecular flexibility index (Phi) is 8.67. The first-order valence-electron chi connectivity index (χ1n) is 16.2. The predicted molar refractivity (Wildman–Crippen MR) is 181 cm³/mol. The van der Waals surface area contributed by atoms with Gasteiger partial charge in [0.1, 0.15) is 0 Å². The third-order valence-corrected chi connectivity index (χ3v) is 9.10. The highest BCUT2D eigenvalue weighted by Gasteiger charge is 2.45. The highest BCUT2D eigenvalue weighted by molar-refractivity contribution is 5.97. The summed E-state index contributed by atoms with van der Waals surface area (Å²) in [5.41, 5.74) is 16.4. The maximum atomic E-state index is 13.2. The summed E-state index contributed by atoms with van der Waals surface area (Å²) in [6, 6.07) is 26.2. The summed E-state index contributed by atoms with van der Waals surface area (Å²) >= 11 is 0. The van der Waals surface area contributed by atoms with Gasteiger partial charge in [0.25, 0.3) is 0 Å². The van der Waals surface area contributed by atoms with Gasteiger partial charge in [-0.05, 0) is 70.7 Å². The number of hydrogen-bond donors (Lipinski definition) is 2. The van der Waals surface area contributed by atoms with Gasteiger partial charge in [0.05, 0.1) is 23.1 Å². The monoisotopic (exact) mass is 602 g/mol. The molecule has 1 saturated carbocycles. The molecule has 1 aliphatic carbocycles. The van der Waals surface area contributed by atoms with Crippen LogP contribution in [0.2, 0.25) is 0 Å². The molecule has 7 nitrogen and oxygen atoms in total. The smallest absolute Gasteiger partial charge is 0.166 e. The molecule has 0 spiro atoms. The zero-order valence-electron chi connectivity index (χ0n) is 27.0. The summed E-state index contributed by atoms with van der Waals surface area (Å²) in [6.45, 7) is 9.69. The quantitative estimate of drug-likeness (QED) is 0.118. The van der Waals surface area contributed by atoms with Crippen molar-refractivity contribution >= 4 is 5.78 Å². The number of allylic oxidation sites excluding steroid dienone is 1. The highest BCUT2D eigenvalue weighted by Crippen LogP contribution is 2.52. The fraction of sp³-hybridized carbons (Fsp3) is 0.368. The number of rotatable bonds is 10. The molecule has 1 aliphatic heterocycles. The molecule has 45 heavy (non-hydrogen) atoms. The third-order valence-electron chi connectivity index (χ3n) is 9.10. The number of aromatic nitrogens is 2. The maximum Gasteiger partial charge on any atom is 0.166 e. The molecule has 0 radical (unpaired) electrons. The summed E-state index contributed by atoms with van der Waals surface area (Å²) in [6.07, 6.45) is 6.77. The van der Waals surface area contributed by atoms with Crippen LogP contribution in [0.15, 0.2) is 90.9 Å². The lowest BCUT2D eigenvalue weighted by atomic mass is 9.85. The van der Waals surface area contributed by atoms with Crippen molar-refractivity contribution < 1.29 is 4.79 Å². The van der Waals surface area contributed by atoms with Crippen LogP contribution in [0.25, 0.3) is 16.8 Å². The van der Waals surface area contributed by atoms with Crippen molar-refractivity contribution in [2.45, 2.75) is 65.5 Å². The number of hydrogen-bond acceptors (Lipinski definition) is 6. The molecule has 1 fully saturated rings. The van der Waals surface area contributed by atoms with Gasteiger partial charge in [-0.1, -0.05) is 75.4 Å². The second-order valence-electron chi connectivity index (χ2n) is 13.8. The highest BCUT2D eigenvalue weighted by atomic mass is 16.1. The summed E-state index contributed by atoms with van der Waals surface area (Å²) in [7, 11) is 1.76. The van der Waals surface area contributed by atoms with E-state index in [0.717, 1.165) is 61.5 Å². The van der Waals surface area contributed by atoms with Crippen molar-refractivity contribution in [2.24, 2.45) is 22.9 Å². The molecule has 234 valence electrons. The normalized spacial score (nSPS) is 19.5. The first-order valence-corrected chi connectivity index (χ1v) is 16.2. The van der Waals surface area contributed by atoms with Crippen molar-refractivity contribution in [2.75, 3.05) is 13.6 Å². The van der Waals surface area contributed by atoms with Crippen molar-refractivity contribution in [1.82, 2.24) is 19.7 Å². The Hall–Kier alpha value is -4.20. The van der Waals surface area contributed by atoms with E-state index in [1.807, 2.05) is 11.6 Å². The molecular weight excluding hydrogens is 556 g/mol. The zero-order chi connectivity index (χ0) is 31.7. The molecule has 2 atom stereocenters.